The van der Waals surface area contributed by atoms with Crippen molar-refractivity contribution in [1.82, 2.24) is 14.8 Å². The van der Waals surface area contributed by atoms with Crippen LogP contribution in [0.4, 0.5) is 0 Å². The van der Waals surface area contributed by atoms with Crippen molar-refractivity contribution in [3.05, 3.63) is 78.1 Å². The number of hydrogen-bond acceptors (Lipinski definition) is 6. The average molecular weight is 419 g/mol. The van der Waals surface area contributed by atoms with E-state index in [2.05, 4.69) is 54.0 Å². The van der Waals surface area contributed by atoms with Crippen LogP contribution in [0.15, 0.2) is 66.3 Å². The van der Waals surface area contributed by atoms with Crippen LogP contribution in [0.1, 0.15) is 23.1 Å². The Labute approximate surface area is 180 Å². The number of aromatic nitrogens is 3. The Morgan fingerprint density at radius 2 is 2.00 bits per heavy atom. The van der Waals surface area contributed by atoms with Crippen LogP contribution in [0.2, 0.25) is 0 Å². The lowest BCUT2D eigenvalue weighted by Crippen LogP contribution is -2.25. The number of rotatable bonds is 7. The third-order valence-electron chi connectivity index (χ3n) is 4.79. The first-order valence-corrected chi connectivity index (χ1v) is 10.6. The molecule has 0 saturated carbocycles. The van der Waals surface area contributed by atoms with E-state index in [-0.39, 0.29) is 11.4 Å². The van der Waals surface area contributed by atoms with Crippen molar-refractivity contribution >= 4 is 11.8 Å². The van der Waals surface area contributed by atoms with Crippen LogP contribution in [0.5, 0.6) is 11.5 Å². The molecule has 0 fully saturated rings. The highest BCUT2D eigenvalue weighted by molar-refractivity contribution is 8.00. The summed E-state index contributed by atoms with van der Waals surface area (Å²) in [4.78, 5) is 0. The fourth-order valence-corrected chi connectivity index (χ4v) is 4.22. The van der Waals surface area contributed by atoms with E-state index in [1.165, 1.54) is 17.3 Å². The summed E-state index contributed by atoms with van der Waals surface area (Å²) in [5.74, 6) is 2.07. The number of thioether (sulfide) groups is 1. The van der Waals surface area contributed by atoms with Crippen molar-refractivity contribution in [3.63, 3.8) is 0 Å². The SMILES string of the molecule is C=CCn1c(S[C@@H](C#N)Cc2ccc(C)cc2)nnc1[C@H]1COc2ccccc2O1. The van der Waals surface area contributed by atoms with Crippen molar-refractivity contribution in [2.45, 2.75) is 36.4 Å². The zero-order valence-electron chi connectivity index (χ0n) is 16.7. The van der Waals surface area contributed by atoms with Gasteiger partial charge < -0.3 is 9.47 Å². The molecule has 6 nitrogen and oxygen atoms in total. The Balaban J connectivity index is 1.54. The number of fused-ring (bicyclic) bond motifs is 1. The summed E-state index contributed by atoms with van der Waals surface area (Å²) in [7, 11) is 0. The maximum Gasteiger partial charge on any atom is 0.192 e. The molecular formula is C23H22N4O2S. The van der Waals surface area contributed by atoms with Gasteiger partial charge in [0.05, 0.1) is 6.07 Å². The molecule has 0 radical (unpaired) electrons. The van der Waals surface area contributed by atoms with E-state index in [0.29, 0.717) is 36.3 Å². The minimum absolute atomic E-state index is 0.280. The second kappa shape index (κ2) is 9.06. The molecule has 2 atom stereocenters. The largest absolute Gasteiger partial charge is 0.485 e. The van der Waals surface area contributed by atoms with E-state index in [4.69, 9.17) is 9.47 Å². The highest BCUT2D eigenvalue weighted by atomic mass is 32.2. The molecule has 0 saturated heterocycles. The van der Waals surface area contributed by atoms with Gasteiger partial charge in [-0.25, -0.2) is 0 Å². The predicted octanol–water partition coefficient (Wildman–Crippen LogP) is 4.51. The number of para-hydroxylation sites is 2. The standard InChI is InChI=1S/C23H22N4O2S/c1-3-12-27-22(21-15-28-19-6-4-5-7-20(19)29-21)25-26-23(27)30-18(14-24)13-17-10-8-16(2)9-11-17/h3-11,18,21H,1,12-13,15H2,2H3/t18-,21-/m1/s1. The van der Waals surface area contributed by atoms with Crippen molar-refractivity contribution in [2.75, 3.05) is 6.61 Å². The van der Waals surface area contributed by atoms with Gasteiger partial charge in [-0.1, -0.05) is 59.8 Å². The van der Waals surface area contributed by atoms with Crippen molar-refractivity contribution in [2.24, 2.45) is 0 Å². The Hall–Kier alpha value is -3.24. The van der Waals surface area contributed by atoms with E-state index < -0.39 is 0 Å². The van der Waals surface area contributed by atoms with E-state index in [1.807, 2.05) is 28.8 Å². The Bertz CT molecular complexity index is 1070. The molecule has 30 heavy (non-hydrogen) atoms. The molecule has 0 N–H and O–H groups in total. The highest BCUT2D eigenvalue weighted by Crippen LogP contribution is 2.36. The smallest absolute Gasteiger partial charge is 0.192 e. The number of benzene rings is 2. The van der Waals surface area contributed by atoms with Crippen LogP contribution in [0.3, 0.4) is 0 Å². The number of hydrogen-bond donors (Lipinski definition) is 0. The lowest BCUT2D eigenvalue weighted by molar-refractivity contribution is 0.0821. The summed E-state index contributed by atoms with van der Waals surface area (Å²) < 4.78 is 13.9. The molecule has 0 aliphatic carbocycles. The van der Waals surface area contributed by atoms with Gasteiger partial charge in [0.25, 0.3) is 0 Å². The molecule has 2 heterocycles. The topological polar surface area (TPSA) is 73.0 Å². The summed E-state index contributed by atoms with van der Waals surface area (Å²) in [6.45, 7) is 6.77. The van der Waals surface area contributed by atoms with Gasteiger partial charge in [0.1, 0.15) is 11.9 Å². The van der Waals surface area contributed by atoms with Crippen LogP contribution in [-0.2, 0) is 13.0 Å². The first-order valence-electron chi connectivity index (χ1n) is 9.72. The zero-order chi connectivity index (χ0) is 20.9. The fourth-order valence-electron chi connectivity index (χ4n) is 3.25. The van der Waals surface area contributed by atoms with Crippen LogP contribution in [0, 0.1) is 18.3 Å². The monoisotopic (exact) mass is 418 g/mol. The first kappa shape index (κ1) is 20.0. The molecule has 1 aromatic heterocycles. The number of allylic oxidation sites excluding steroid dienone is 1. The van der Waals surface area contributed by atoms with Gasteiger partial charge in [-0.2, -0.15) is 5.26 Å². The van der Waals surface area contributed by atoms with Crippen LogP contribution in [-0.4, -0.2) is 26.6 Å². The van der Waals surface area contributed by atoms with Gasteiger partial charge in [0.15, 0.2) is 28.6 Å². The molecule has 0 amide bonds. The Kier molecular flexibility index (Phi) is 6.05. The minimum Gasteiger partial charge on any atom is -0.485 e. The predicted molar refractivity (Wildman–Crippen MR) is 116 cm³/mol. The normalized spacial score (nSPS) is 15.9. The zero-order valence-corrected chi connectivity index (χ0v) is 17.5. The summed E-state index contributed by atoms with van der Waals surface area (Å²) in [5.41, 5.74) is 2.32. The van der Waals surface area contributed by atoms with Crippen molar-refractivity contribution in [1.29, 1.82) is 5.26 Å². The third-order valence-corrected chi connectivity index (χ3v) is 5.86. The minimum atomic E-state index is -0.376. The van der Waals surface area contributed by atoms with E-state index in [1.54, 1.807) is 6.08 Å². The highest BCUT2D eigenvalue weighted by Gasteiger charge is 2.29. The molecule has 2 aromatic carbocycles. The third kappa shape index (κ3) is 4.34. The maximum absolute atomic E-state index is 9.70. The molecule has 1 aliphatic heterocycles. The molecule has 4 rings (SSSR count). The van der Waals surface area contributed by atoms with Gasteiger partial charge in [-0.05, 0) is 31.0 Å². The number of nitriles is 1. The molecule has 7 heteroatoms. The molecule has 152 valence electrons. The maximum atomic E-state index is 9.70. The van der Waals surface area contributed by atoms with Crippen LogP contribution < -0.4 is 9.47 Å². The average Bonchev–Trinajstić information content (AvgIpc) is 3.17. The van der Waals surface area contributed by atoms with Gasteiger partial charge >= 0.3 is 0 Å². The molecule has 0 bridgehead atoms. The van der Waals surface area contributed by atoms with Crippen LogP contribution >= 0.6 is 11.8 Å². The summed E-state index contributed by atoms with van der Waals surface area (Å²) >= 11 is 1.41. The Morgan fingerprint density at radius 1 is 1.23 bits per heavy atom. The van der Waals surface area contributed by atoms with E-state index in [0.717, 1.165) is 11.3 Å². The molecular weight excluding hydrogens is 396 g/mol. The molecule has 0 spiro atoms. The Morgan fingerprint density at radius 3 is 2.73 bits per heavy atom. The second-order valence-electron chi connectivity index (χ2n) is 7.03. The lowest BCUT2D eigenvalue weighted by atomic mass is 10.1. The van der Waals surface area contributed by atoms with Gasteiger partial charge in [-0.3, -0.25) is 4.57 Å². The van der Waals surface area contributed by atoms with Gasteiger partial charge in [0, 0.05) is 6.54 Å². The quantitative estimate of drug-likeness (QED) is 0.415. The van der Waals surface area contributed by atoms with Gasteiger partial charge in [-0.15, -0.1) is 16.8 Å². The first-order chi connectivity index (χ1) is 14.7. The van der Waals surface area contributed by atoms with Gasteiger partial charge in [0.2, 0.25) is 0 Å². The summed E-state index contributed by atoms with van der Waals surface area (Å²) in [6, 6.07) is 18.2. The van der Waals surface area contributed by atoms with E-state index >= 15 is 0 Å². The molecule has 0 unspecified atom stereocenters. The van der Waals surface area contributed by atoms with E-state index in [9.17, 15) is 5.26 Å². The number of aryl methyl sites for hydroxylation is 1. The van der Waals surface area contributed by atoms with Crippen LogP contribution in [0.25, 0.3) is 0 Å². The summed E-state index contributed by atoms with van der Waals surface area (Å²) in [5, 5.41) is 18.8. The van der Waals surface area contributed by atoms with Crippen molar-refractivity contribution in [3.8, 4) is 17.6 Å². The molecule has 3 aromatic rings. The second-order valence-corrected chi connectivity index (χ2v) is 8.20. The fraction of sp³-hybridized carbons (Fsp3) is 0.261. The lowest BCUT2D eigenvalue weighted by Gasteiger charge is -2.26. The van der Waals surface area contributed by atoms with Crippen molar-refractivity contribution < 1.29 is 9.47 Å². The number of ether oxygens (including phenoxy) is 2. The number of nitrogens with zero attached hydrogens (tertiary/aromatic N) is 4. The summed E-state index contributed by atoms with van der Waals surface area (Å²) in [6.07, 6.45) is 2.05. The molecule has 1 aliphatic rings.